The van der Waals surface area contributed by atoms with Crippen molar-refractivity contribution in [2.75, 3.05) is 0 Å². The monoisotopic (exact) mass is 442 g/mol. The Morgan fingerprint density at radius 3 is 2.55 bits per heavy atom. The number of alkyl halides is 6. The van der Waals surface area contributed by atoms with Crippen LogP contribution < -0.4 is 4.74 Å². The predicted molar refractivity (Wildman–Crippen MR) is 96.0 cm³/mol. The molecule has 0 spiro atoms. The molecule has 12 heteroatoms. The van der Waals surface area contributed by atoms with Gasteiger partial charge in [0.15, 0.2) is 6.10 Å². The summed E-state index contributed by atoms with van der Waals surface area (Å²) in [5.41, 5.74) is -0.421. The molecule has 6 nitrogen and oxygen atoms in total. The molecule has 0 aliphatic rings. The van der Waals surface area contributed by atoms with Gasteiger partial charge < -0.3 is 14.2 Å². The number of aromatic amines is 1. The lowest BCUT2D eigenvalue weighted by atomic mass is 10.1. The first-order valence-corrected chi connectivity index (χ1v) is 8.75. The van der Waals surface area contributed by atoms with Crippen LogP contribution in [-0.4, -0.2) is 32.4 Å². The van der Waals surface area contributed by atoms with Gasteiger partial charge in [-0.1, -0.05) is 5.16 Å². The number of H-pyrrole nitrogens is 1. The number of aromatic nitrogens is 4. The number of rotatable bonds is 4. The van der Waals surface area contributed by atoms with Gasteiger partial charge in [0.2, 0.25) is 5.82 Å². The lowest BCUT2D eigenvalue weighted by molar-refractivity contribution is -0.191. The summed E-state index contributed by atoms with van der Waals surface area (Å²) in [7, 11) is 0. The van der Waals surface area contributed by atoms with Crippen LogP contribution in [0, 0.1) is 0 Å². The van der Waals surface area contributed by atoms with Crippen molar-refractivity contribution in [3.05, 3.63) is 48.3 Å². The number of ether oxygens (including phenoxy) is 1. The first-order valence-electron chi connectivity index (χ1n) is 8.75. The summed E-state index contributed by atoms with van der Waals surface area (Å²) >= 11 is 0. The molecule has 0 saturated carbocycles. The van der Waals surface area contributed by atoms with Crippen LogP contribution in [0.5, 0.6) is 5.75 Å². The Kier molecular flexibility index (Phi) is 4.86. The van der Waals surface area contributed by atoms with Gasteiger partial charge in [0.05, 0.1) is 5.56 Å². The molecule has 3 heterocycles. The van der Waals surface area contributed by atoms with Gasteiger partial charge in [-0.05, 0) is 37.3 Å². The quantitative estimate of drug-likeness (QED) is 0.415. The topological polar surface area (TPSA) is 76.8 Å². The Bertz CT molecular complexity index is 1230. The Hall–Kier alpha value is -3.57. The van der Waals surface area contributed by atoms with Gasteiger partial charge in [-0.2, -0.15) is 31.3 Å². The van der Waals surface area contributed by atoms with Crippen LogP contribution in [-0.2, 0) is 6.18 Å². The fraction of sp³-hybridized carbons (Fsp3) is 0.211. The van der Waals surface area contributed by atoms with E-state index in [4.69, 9.17) is 4.52 Å². The zero-order valence-corrected chi connectivity index (χ0v) is 15.5. The molecule has 0 fully saturated rings. The SMILES string of the molecule is C[C@H](Oc1ccc(-c2nc(-c3ccnc4[nH]ccc34)no2)cc1C(F)(F)F)C(F)(F)F. The highest BCUT2D eigenvalue weighted by molar-refractivity contribution is 5.90. The van der Waals surface area contributed by atoms with E-state index < -0.39 is 29.8 Å². The first-order chi connectivity index (χ1) is 14.5. The van der Waals surface area contributed by atoms with Crippen molar-refractivity contribution in [1.29, 1.82) is 0 Å². The maximum atomic E-state index is 13.5. The Morgan fingerprint density at radius 2 is 1.84 bits per heavy atom. The van der Waals surface area contributed by atoms with Gasteiger partial charge in [0, 0.05) is 28.9 Å². The minimum absolute atomic E-state index is 0.113. The second-order valence-electron chi connectivity index (χ2n) is 6.53. The second-order valence-corrected chi connectivity index (χ2v) is 6.53. The number of pyridine rings is 1. The molecule has 0 amide bonds. The molecule has 1 N–H and O–H groups in total. The average molecular weight is 442 g/mol. The number of hydrogen-bond donors (Lipinski definition) is 1. The third kappa shape index (κ3) is 4.05. The summed E-state index contributed by atoms with van der Waals surface area (Å²) in [4.78, 5) is 11.2. The molecule has 1 atom stereocenters. The van der Waals surface area contributed by atoms with E-state index in [0.29, 0.717) is 29.6 Å². The molecular formula is C19H12F6N4O2. The standard InChI is InChI=1S/C19H12F6N4O2/c1-9(18(20,21)22)30-14-3-2-10(8-13(14)19(23,24)25)17-28-16(29-31-17)12-5-7-27-15-11(12)4-6-26-15/h2-9H,1H3,(H,26,27)/t9-/m0/s1. The van der Waals surface area contributed by atoms with E-state index in [0.717, 1.165) is 12.1 Å². The molecule has 0 radical (unpaired) electrons. The number of benzene rings is 1. The fourth-order valence-corrected chi connectivity index (χ4v) is 2.85. The Labute approximate surface area is 169 Å². The van der Waals surface area contributed by atoms with E-state index in [1.54, 1.807) is 18.3 Å². The average Bonchev–Trinajstić information content (AvgIpc) is 3.36. The van der Waals surface area contributed by atoms with Crippen LogP contribution >= 0.6 is 0 Å². The molecule has 4 rings (SSSR count). The van der Waals surface area contributed by atoms with Gasteiger partial charge in [-0.15, -0.1) is 0 Å². The van der Waals surface area contributed by atoms with Crippen molar-refractivity contribution in [1.82, 2.24) is 20.1 Å². The van der Waals surface area contributed by atoms with Crippen LogP contribution in [0.15, 0.2) is 47.2 Å². The van der Waals surface area contributed by atoms with Gasteiger partial charge in [-0.25, -0.2) is 4.98 Å². The number of nitrogens with one attached hydrogen (secondary N) is 1. The smallest absolute Gasteiger partial charge is 0.425 e. The molecule has 1 aromatic carbocycles. The van der Waals surface area contributed by atoms with E-state index in [1.807, 2.05) is 0 Å². The fourth-order valence-electron chi connectivity index (χ4n) is 2.85. The van der Waals surface area contributed by atoms with Crippen LogP contribution in [0.1, 0.15) is 12.5 Å². The van der Waals surface area contributed by atoms with Gasteiger partial charge in [0.25, 0.3) is 5.89 Å². The maximum absolute atomic E-state index is 13.5. The summed E-state index contributed by atoms with van der Waals surface area (Å²) < 4.78 is 88.1. The summed E-state index contributed by atoms with van der Waals surface area (Å²) in [6, 6.07) is 5.85. The summed E-state index contributed by atoms with van der Waals surface area (Å²) in [6.07, 6.45) is -9.07. The largest absolute Gasteiger partial charge is 0.481 e. The Balaban J connectivity index is 1.72. The molecule has 31 heavy (non-hydrogen) atoms. The second kappa shape index (κ2) is 7.29. The summed E-state index contributed by atoms with van der Waals surface area (Å²) in [6.45, 7) is 0.620. The van der Waals surface area contributed by atoms with Crippen molar-refractivity contribution in [2.24, 2.45) is 0 Å². The van der Waals surface area contributed by atoms with E-state index in [2.05, 4.69) is 24.8 Å². The molecule has 4 aromatic rings. The first kappa shape index (κ1) is 20.7. The molecule has 0 unspecified atom stereocenters. The molecule has 162 valence electrons. The van der Waals surface area contributed by atoms with Gasteiger partial charge >= 0.3 is 12.4 Å². The number of halogens is 6. The number of fused-ring (bicyclic) bond motifs is 1. The number of nitrogens with zero attached hydrogens (tertiary/aromatic N) is 3. The highest BCUT2D eigenvalue weighted by Gasteiger charge is 2.41. The van der Waals surface area contributed by atoms with Crippen molar-refractivity contribution >= 4 is 11.0 Å². The zero-order chi connectivity index (χ0) is 22.4. The number of hydrogen-bond acceptors (Lipinski definition) is 5. The van der Waals surface area contributed by atoms with E-state index in [-0.39, 0.29) is 17.3 Å². The lowest BCUT2D eigenvalue weighted by Crippen LogP contribution is -2.31. The predicted octanol–water partition coefficient (Wildman–Crippen LogP) is 5.63. The van der Waals surface area contributed by atoms with Crippen LogP contribution in [0.25, 0.3) is 33.9 Å². The van der Waals surface area contributed by atoms with Crippen molar-refractivity contribution in [3.8, 4) is 28.6 Å². The van der Waals surface area contributed by atoms with Gasteiger partial charge in [0.1, 0.15) is 11.4 Å². The highest BCUT2D eigenvalue weighted by atomic mass is 19.4. The maximum Gasteiger partial charge on any atom is 0.425 e. The van der Waals surface area contributed by atoms with Gasteiger partial charge in [-0.3, -0.25) is 0 Å². The van der Waals surface area contributed by atoms with Crippen molar-refractivity contribution in [3.63, 3.8) is 0 Å². The molecule has 0 aliphatic heterocycles. The third-order valence-corrected chi connectivity index (χ3v) is 4.42. The van der Waals surface area contributed by atoms with E-state index in [1.165, 1.54) is 6.20 Å². The van der Waals surface area contributed by atoms with Crippen molar-refractivity contribution in [2.45, 2.75) is 25.4 Å². The normalized spacial score (nSPS) is 13.5. The van der Waals surface area contributed by atoms with Crippen molar-refractivity contribution < 1.29 is 35.6 Å². The Morgan fingerprint density at radius 1 is 1.06 bits per heavy atom. The summed E-state index contributed by atoms with van der Waals surface area (Å²) in [5, 5.41) is 4.48. The van der Waals surface area contributed by atoms with E-state index >= 15 is 0 Å². The molecule has 0 saturated heterocycles. The van der Waals surface area contributed by atoms with Crippen LogP contribution in [0.4, 0.5) is 26.3 Å². The molecular weight excluding hydrogens is 430 g/mol. The minimum atomic E-state index is -4.97. The minimum Gasteiger partial charge on any atom is -0.481 e. The van der Waals surface area contributed by atoms with Crippen LogP contribution in [0.2, 0.25) is 0 Å². The van der Waals surface area contributed by atoms with E-state index in [9.17, 15) is 26.3 Å². The summed E-state index contributed by atoms with van der Waals surface area (Å²) in [5.74, 6) is -1.08. The highest BCUT2D eigenvalue weighted by Crippen LogP contribution is 2.40. The van der Waals surface area contributed by atoms with Crippen LogP contribution in [0.3, 0.4) is 0 Å². The molecule has 0 aliphatic carbocycles. The molecule has 0 bridgehead atoms. The zero-order valence-electron chi connectivity index (χ0n) is 15.5. The molecule has 3 aromatic heterocycles. The lowest BCUT2D eigenvalue weighted by Gasteiger charge is -2.20. The third-order valence-electron chi connectivity index (χ3n) is 4.42.